The van der Waals surface area contributed by atoms with E-state index in [0.717, 1.165) is 0 Å². The van der Waals surface area contributed by atoms with Crippen LogP contribution >= 0.6 is 11.6 Å². The number of carboxylic acids is 1. The molecule has 0 aliphatic heterocycles. The largest absolute Gasteiger partial charge is 0.480 e. The fourth-order valence-electron chi connectivity index (χ4n) is 4.50. The summed E-state index contributed by atoms with van der Waals surface area (Å²) >= 11 is 5.87. The van der Waals surface area contributed by atoms with Crippen molar-refractivity contribution in [1.82, 2.24) is 4.98 Å². The highest BCUT2D eigenvalue weighted by Gasteiger charge is 2.16. The van der Waals surface area contributed by atoms with Gasteiger partial charge in [0.1, 0.15) is 17.9 Å². The number of halogens is 1. The number of carbonyl (C=O) groups is 2. The van der Waals surface area contributed by atoms with E-state index in [1.54, 1.807) is 54.6 Å². The van der Waals surface area contributed by atoms with Gasteiger partial charge in [-0.3, -0.25) is 4.79 Å². The Morgan fingerprint density at radius 3 is 2.54 bits per heavy atom. The summed E-state index contributed by atoms with van der Waals surface area (Å²) in [5.74, 6) is -1.64. The standard InChI is InChI=1S/C33H26ClN3O8S/c34-25-8-10-26(11-9-25)46(41,42)14-2-4-21-6-12-29(43-20-31(38)39)27(16-21)36-32(40)24-5-1-3-23(15-24)19-44-33-37-28-17-22(18-35)7-13-30(28)45-33/h1,3,5-13,15-17H,2,4,14,19-20H2,(H,36,40)(H,38,39). The average Bonchev–Trinajstić information content (AvgIpc) is 3.46. The van der Waals surface area contributed by atoms with Gasteiger partial charge in [0.2, 0.25) is 0 Å². The number of ether oxygens (including phenoxy) is 2. The van der Waals surface area contributed by atoms with Gasteiger partial charge in [-0.05, 0) is 90.7 Å². The maximum absolute atomic E-state index is 13.3. The number of nitriles is 1. The van der Waals surface area contributed by atoms with Gasteiger partial charge in [0.25, 0.3) is 5.91 Å². The van der Waals surface area contributed by atoms with E-state index >= 15 is 0 Å². The first-order chi connectivity index (χ1) is 22.1. The van der Waals surface area contributed by atoms with Crippen LogP contribution in [0.1, 0.15) is 33.5 Å². The van der Waals surface area contributed by atoms with Crippen molar-refractivity contribution in [2.45, 2.75) is 24.3 Å². The van der Waals surface area contributed by atoms with E-state index < -0.39 is 28.3 Å². The molecule has 0 saturated heterocycles. The zero-order chi connectivity index (χ0) is 32.7. The minimum Gasteiger partial charge on any atom is -0.480 e. The summed E-state index contributed by atoms with van der Waals surface area (Å²) in [6.45, 7) is -0.581. The number of anilines is 1. The first-order valence-electron chi connectivity index (χ1n) is 13.9. The van der Waals surface area contributed by atoms with Crippen LogP contribution in [-0.2, 0) is 27.7 Å². The third-order valence-corrected chi connectivity index (χ3v) is 8.81. The topological polar surface area (TPSA) is 169 Å². The van der Waals surface area contributed by atoms with E-state index in [-0.39, 0.29) is 34.8 Å². The van der Waals surface area contributed by atoms with Gasteiger partial charge < -0.3 is 24.3 Å². The number of aliphatic carboxylic acids is 1. The van der Waals surface area contributed by atoms with Crippen LogP contribution < -0.4 is 14.8 Å². The summed E-state index contributed by atoms with van der Waals surface area (Å²) in [5, 5.41) is 21.4. The molecule has 1 aromatic heterocycles. The smallest absolute Gasteiger partial charge is 0.394 e. The predicted octanol–water partition coefficient (Wildman–Crippen LogP) is 6.05. The summed E-state index contributed by atoms with van der Waals surface area (Å²) in [6, 6.07) is 24.3. The Balaban J connectivity index is 1.26. The summed E-state index contributed by atoms with van der Waals surface area (Å²) in [7, 11) is -3.53. The number of aryl methyl sites for hydroxylation is 1. The molecule has 0 aliphatic carbocycles. The van der Waals surface area contributed by atoms with Crippen LogP contribution in [0.2, 0.25) is 5.02 Å². The molecule has 11 nitrogen and oxygen atoms in total. The Bertz CT molecular complexity index is 2050. The first-order valence-corrected chi connectivity index (χ1v) is 15.9. The Hall–Kier alpha value is -5.38. The highest BCUT2D eigenvalue weighted by Crippen LogP contribution is 2.28. The van der Waals surface area contributed by atoms with Crippen molar-refractivity contribution in [2.75, 3.05) is 17.7 Å². The molecule has 5 rings (SSSR count). The molecule has 1 heterocycles. The van der Waals surface area contributed by atoms with E-state index in [4.69, 9.17) is 35.9 Å². The zero-order valence-electron chi connectivity index (χ0n) is 24.1. The first kappa shape index (κ1) is 32.0. The number of carboxylic acid groups (broad SMARTS) is 1. The fraction of sp³-hybridized carbons (Fsp3) is 0.152. The van der Waals surface area contributed by atoms with E-state index in [1.807, 2.05) is 6.07 Å². The molecule has 13 heteroatoms. The number of carbonyl (C=O) groups excluding carboxylic acids is 1. The van der Waals surface area contributed by atoms with Crippen LogP contribution in [0.15, 0.2) is 94.2 Å². The van der Waals surface area contributed by atoms with Crippen LogP contribution in [-0.4, -0.2) is 42.7 Å². The third kappa shape index (κ3) is 8.20. The molecule has 0 atom stereocenters. The van der Waals surface area contributed by atoms with Gasteiger partial charge in [-0.15, -0.1) is 0 Å². The lowest BCUT2D eigenvalue weighted by Gasteiger charge is -2.14. The van der Waals surface area contributed by atoms with Crippen molar-refractivity contribution in [3.63, 3.8) is 0 Å². The minimum atomic E-state index is -3.53. The maximum Gasteiger partial charge on any atom is 0.394 e. The van der Waals surface area contributed by atoms with Crippen molar-refractivity contribution in [2.24, 2.45) is 0 Å². The summed E-state index contributed by atoms with van der Waals surface area (Å²) in [4.78, 5) is 28.8. The Morgan fingerprint density at radius 1 is 0.978 bits per heavy atom. The molecule has 0 spiro atoms. The van der Waals surface area contributed by atoms with Crippen molar-refractivity contribution in [1.29, 1.82) is 5.26 Å². The molecular formula is C33H26ClN3O8S. The second-order valence-corrected chi connectivity index (χ2v) is 12.7. The number of hydrogen-bond acceptors (Lipinski definition) is 9. The maximum atomic E-state index is 13.3. The second-order valence-electron chi connectivity index (χ2n) is 10.1. The molecule has 5 aromatic rings. The summed E-state index contributed by atoms with van der Waals surface area (Å²) in [5.41, 5.74) is 3.27. The zero-order valence-corrected chi connectivity index (χ0v) is 25.7. The Morgan fingerprint density at radius 2 is 1.78 bits per heavy atom. The lowest BCUT2D eigenvalue weighted by molar-refractivity contribution is -0.139. The SMILES string of the molecule is N#Cc1ccc2oc(OCc3cccc(C(=O)Nc4cc(CCCS(=O)(=O)c5ccc(Cl)cc5)ccc4OCC(=O)O)c3)nc2c1. The van der Waals surface area contributed by atoms with Gasteiger partial charge in [-0.1, -0.05) is 29.8 Å². The van der Waals surface area contributed by atoms with Crippen molar-refractivity contribution in [3.05, 3.63) is 112 Å². The normalized spacial score (nSPS) is 11.1. The van der Waals surface area contributed by atoms with Crippen molar-refractivity contribution >= 4 is 50.1 Å². The molecular weight excluding hydrogens is 634 g/mol. The predicted molar refractivity (Wildman–Crippen MR) is 169 cm³/mol. The molecule has 1 amide bonds. The molecule has 0 unspecified atom stereocenters. The van der Waals surface area contributed by atoms with E-state index in [2.05, 4.69) is 10.3 Å². The van der Waals surface area contributed by atoms with Crippen molar-refractivity contribution in [3.8, 4) is 17.9 Å². The van der Waals surface area contributed by atoms with Crippen LogP contribution in [0, 0.1) is 11.3 Å². The highest BCUT2D eigenvalue weighted by molar-refractivity contribution is 7.91. The number of sulfone groups is 1. The number of rotatable bonds is 13. The number of fused-ring (bicyclic) bond motifs is 1. The number of aromatic nitrogens is 1. The average molecular weight is 660 g/mol. The highest BCUT2D eigenvalue weighted by atomic mass is 35.5. The molecule has 234 valence electrons. The number of hydrogen-bond donors (Lipinski definition) is 2. The monoisotopic (exact) mass is 659 g/mol. The van der Waals surface area contributed by atoms with Gasteiger partial charge >= 0.3 is 12.0 Å². The quantitative estimate of drug-likeness (QED) is 0.152. The van der Waals surface area contributed by atoms with Gasteiger partial charge in [0.05, 0.1) is 28.0 Å². The molecule has 0 bridgehead atoms. The minimum absolute atomic E-state index is 0.0120. The molecule has 0 aliphatic rings. The number of amides is 1. The number of oxazole rings is 1. The molecule has 0 fully saturated rings. The van der Waals surface area contributed by atoms with Crippen LogP contribution in [0.25, 0.3) is 11.1 Å². The third-order valence-electron chi connectivity index (χ3n) is 6.74. The van der Waals surface area contributed by atoms with Crippen LogP contribution in [0.5, 0.6) is 11.8 Å². The van der Waals surface area contributed by atoms with Gasteiger partial charge in [-0.25, -0.2) is 13.2 Å². The van der Waals surface area contributed by atoms with Gasteiger partial charge in [0, 0.05) is 10.6 Å². The van der Waals surface area contributed by atoms with E-state index in [0.29, 0.717) is 51.2 Å². The molecule has 46 heavy (non-hydrogen) atoms. The summed E-state index contributed by atoms with van der Waals surface area (Å²) in [6.07, 6.45) is 0.683. The number of benzene rings is 4. The van der Waals surface area contributed by atoms with Crippen LogP contribution in [0.3, 0.4) is 0 Å². The summed E-state index contributed by atoms with van der Waals surface area (Å²) < 4.78 is 42.1. The fourth-order valence-corrected chi connectivity index (χ4v) is 5.94. The number of nitrogens with one attached hydrogen (secondary N) is 1. The number of nitrogens with zero attached hydrogens (tertiary/aromatic N) is 2. The van der Waals surface area contributed by atoms with Crippen molar-refractivity contribution < 1.29 is 37.0 Å². The second kappa shape index (κ2) is 14.2. The lowest BCUT2D eigenvalue weighted by atomic mass is 10.1. The lowest BCUT2D eigenvalue weighted by Crippen LogP contribution is -2.15. The van der Waals surface area contributed by atoms with E-state index in [9.17, 15) is 18.0 Å². The van der Waals surface area contributed by atoms with Crippen LogP contribution in [0.4, 0.5) is 5.69 Å². The van der Waals surface area contributed by atoms with E-state index in [1.165, 1.54) is 30.3 Å². The van der Waals surface area contributed by atoms with Gasteiger partial charge in [0.15, 0.2) is 22.0 Å². The molecule has 2 N–H and O–H groups in total. The molecule has 4 aromatic carbocycles. The Labute approximate surface area is 268 Å². The molecule has 0 radical (unpaired) electrons. The van der Waals surface area contributed by atoms with Gasteiger partial charge in [-0.2, -0.15) is 10.2 Å². The molecule has 0 saturated carbocycles. The Kier molecular flexibility index (Phi) is 9.85.